The minimum absolute atomic E-state index is 0.149. The summed E-state index contributed by atoms with van der Waals surface area (Å²) in [6.45, 7) is 4.13. The highest BCUT2D eigenvalue weighted by atomic mass is 32.1. The summed E-state index contributed by atoms with van der Waals surface area (Å²) >= 11 is 1.68. The Labute approximate surface area is 168 Å². The molecule has 4 aromatic rings. The third-order valence-electron chi connectivity index (χ3n) is 4.45. The molecule has 3 aromatic carbocycles. The largest absolute Gasteiger partial charge is 0.323 e. The van der Waals surface area contributed by atoms with Gasteiger partial charge in [-0.15, -0.1) is 11.3 Å². The lowest BCUT2D eigenvalue weighted by atomic mass is 10.1. The van der Waals surface area contributed by atoms with E-state index in [2.05, 4.69) is 30.4 Å². The van der Waals surface area contributed by atoms with Crippen molar-refractivity contribution in [3.8, 4) is 10.6 Å². The third kappa shape index (κ3) is 4.18. The topological polar surface area (TPSA) is 42.0 Å². The van der Waals surface area contributed by atoms with Crippen LogP contribution in [0, 0.1) is 13.8 Å². The van der Waals surface area contributed by atoms with E-state index in [4.69, 9.17) is 4.98 Å². The second-order valence-electron chi connectivity index (χ2n) is 6.80. The molecular formula is C24H20N2OS. The van der Waals surface area contributed by atoms with E-state index < -0.39 is 0 Å². The van der Waals surface area contributed by atoms with Crippen molar-refractivity contribution in [2.75, 3.05) is 5.32 Å². The number of carbonyl (C=O) groups is 1. The number of carbonyl (C=O) groups excluding carboxylic acids is 1. The molecule has 4 rings (SSSR count). The molecule has 0 atom stereocenters. The number of nitrogens with one attached hydrogen (secondary N) is 1. The standard InChI is InChI=1S/C24H20N2OS/c1-16-3-6-18(7-4-16)8-14-23(27)25-20-11-9-19(10-12-20)24-26-21-13-5-17(2)15-22(21)28-24/h3-15H,1-2H3,(H,25,27)/b14-8+. The van der Waals surface area contributed by atoms with E-state index in [-0.39, 0.29) is 5.91 Å². The average molecular weight is 385 g/mol. The van der Waals surface area contributed by atoms with Crippen LogP contribution in [0.2, 0.25) is 0 Å². The summed E-state index contributed by atoms with van der Waals surface area (Å²) in [7, 11) is 0. The van der Waals surface area contributed by atoms with Gasteiger partial charge in [0.2, 0.25) is 5.91 Å². The molecule has 138 valence electrons. The van der Waals surface area contributed by atoms with Crippen molar-refractivity contribution < 1.29 is 4.79 Å². The number of anilines is 1. The van der Waals surface area contributed by atoms with Gasteiger partial charge < -0.3 is 5.32 Å². The zero-order chi connectivity index (χ0) is 19.5. The zero-order valence-electron chi connectivity index (χ0n) is 15.8. The van der Waals surface area contributed by atoms with E-state index in [0.29, 0.717) is 0 Å². The molecule has 3 nitrogen and oxygen atoms in total. The van der Waals surface area contributed by atoms with Crippen LogP contribution in [0.4, 0.5) is 5.69 Å². The molecule has 0 spiro atoms. The van der Waals surface area contributed by atoms with Crippen molar-refractivity contribution in [1.82, 2.24) is 4.98 Å². The predicted molar refractivity (Wildman–Crippen MR) is 119 cm³/mol. The smallest absolute Gasteiger partial charge is 0.248 e. The normalized spacial score (nSPS) is 11.2. The Morgan fingerprint density at radius 3 is 2.39 bits per heavy atom. The van der Waals surface area contributed by atoms with Gasteiger partial charge in [-0.25, -0.2) is 4.98 Å². The molecule has 0 radical (unpaired) electrons. The van der Waals surface area contributed by atoms with Gasteiger partial charge in [0.25, 0.3) is 0 Å². The van der Waals surface area contributed by atoms with Gasteiger partial charge in [0, 0.05) is 17.3 Å². The Bertz CT molecular complexity index is 1160. The molecule has 0 unspecified atom stereocenters. The molecule has 1 amide bonds. The van der Waals surface area contributed by atoms with Crippen molar-refractivity contribution in [3.63, 3.8) is 0 Å². The van der Waals surface area contributed by atoms with E-state index >= 15 is 0 Å². The third-order valence-corrected chi connectivity index (χ3v) is 5.52. The molecule has 0 aliphatic heterocycles. The van der Waals surface area contributed by atoms with Crippen LogP contribution < -0.4 is 5.32 Å². The van der Waals surface area contributed by atoms with E-state index in [1.54, 1.807) is 17.4 Å². The lowest BCUT2D eigenvalue weighted by molar-refractivity contribution is -0.111. The van der Waals surface area contributed by atoms with Gasteiger partial charge in [0.05, 0.1) is 10.2 Å². The van der Waals surface area contributed by atoms with Crippen molar-refractivity contribution in [2.24, 2.45) is 0 Å². The fourth-order valence-corrected chi connectivity index (χ4v) is 3.95. The lowest BCUT2D eigenvalue weighted by Gasteiger charge is -2.03. The maximum absolute atomic E-state index is 12.1. The van der Waals surface area contributed by atoms with Crippen LogP contribution in [0.25, 0.3) is 26.9 Å². The number of rotatable bonds is 4. The van der Waals surface area contributed by atoms with E-state index in [0.717, 1.165) is 27.3 Å². The number of aryl methyl sites for hydroxylation is 2. The Morgan fingerprint density at radius 2 is 1.64 bits per heavy atom. The van der Waals surface area contributed by atoms with Crippen molar-refractivity contribution in [3.05, 3.63) is 89.5 Å². The molecule has 0 aliphatic carbocycles. The van der Waals surface area contributed by atoms with Gasteiger partial charge in [0.15, 0.2) is 0 Å². The maximum atomic E-state index is 12.1. The predicted octanol–water partition coefficient (Wildman–Crippen LogP) is 6.23. The summed E-state index contributed by atoms with van der Waals surface area (Å²) < 4.78 is 1.19. The quantitative estimate of drug-likeness (QED) is 0.424. The van der Waals surface area contributed by atoms with Crippen LogP contribution in [0.15, 0.2) is 72.8 Å². The van der Waals surface area contributed by atoms with Crippen LogP contribution in [0.1, 0.15) is 16.7 Å². The minimum atomic E-state index is -0.149. The SMILES string of the molecule is Cc1ccc(/C=C/C(=O)Nc2ccc(-c3nc4ccc(C)cc4s3)cc2)cc1. The second-order valence-corrected chi connectivity index (χ2v) is 7.83. The number of amides is 1. The highest BCUT2D eigenvalue weighted by Crippen LogP contribution is 2.31. The summed E-state index contributed by atoms with van der Waals surface area (Å²) in [5.74, 6) is -0.149. The monoisotopic (exact) mass is 384 g/mol. The molecular weight excluding hydrogens is 364 g/mol. The average Bonchev–Trinajstić information content (AvgIpc) is 3.11. The van der Waals surface area contributed by atoms with Crippen LogP contribution in [0.5, 0.6) is 0 Å². The summed E-state index contributed by atoms with van der Waals surface area (Å²) in [5.41, 5.74) is 6.27. The first-order valence-corrected chi connectivity index (χ1v) is 9.92. The maximum Gasteiger partial charge on any atom is 0.248 e. The Balaban J connectivity index is 1.45. The molecule has 0 aliphatic rings. The molecule has 0 saturated carbocycles. The fraction of sp³-hybridized carbons (Fsp3) is 0.0833. The summed E-state index contributed by atoms with van der Waals surface area (Å²) in [6, 6.07) is 22.1. The van der Waals surface area contributed by atoms with Gasteiger partial charge in [-0.05, 0) is 67.4 Å². The van der Waals surface area contributed by atoms with Gasteiger partial charge in [-0.2, -0.15) is 0 Å². The van der Waals surface area contributed by atoms with Gasteiger partial charge in [-0.3, -0.25) is 4.79 Å². The number of thiazole rings is 1. The molecule has 28 heavy (non-hydrogen) atoms. The van der Waals surface area contributed by atoms with Crippen molar-refractivity contribution in [2.45, 2.75) is 13.8 Å². The number of fused-ring (bicyclic) bond motifs is 1. The zero-order valence-corrected chi connectivity index (χ0v) is 16.6. The van der Waals surface area contributed by atoms with Crippen LogP contribution in [-0.2, 0) is 4.79 Å². The number of hydrogen-bond donors (Lipinski definition) is 1. The molecule has 4 heteroatoms. The van der Waals surface area contributed by atoms with Crippen molar-refractivity contribution >= 4 is 39.2 Å². The molecule has 0 fully saturated rings. The first-order chi connectivity index (χ1) is 13.6. The van der Waals surface area contributed by atoms with Gasteiger partial charge >= 0.3 is 0 Å². The van der Waals surface area contributed by atoms with E-state index in [1.165, 1.54) is 15.8 Å². The van der Waals surface area contributed by atoms with Crippen LogP contribution in [0.3, 0.4) is 0 Å². The number of nitrogens with zero attached hydrogens (tertiary/aromatic N) is 1. The van der Waals surface area contributed by atoms with Gasteiger partial charge in [-0.1, -0.05) is 35.9 Å². The number of benzene rings is 3. The number of aromatic nitrogens is 1. The summed E-state index contributed by atoms with van der Waals surface area (Å²) in [4.78, 5) is 16.9. The Kier molecular flexibility index (Phi) is 5.04. The fourth-order valence-electron chi connectivity index (χ4n) is 2.88. The van der Waals surface area contributed by atoms with Crippen molar-refractivity contribution in [1.29, 1.82) is 0 Å². The van der Waals surface area contributed by atoms with E-state index in [1.807, 2.05) is 61.5 Å². The Morgan fingerprint density at radius 1 is 0.929 bits per heavy atom. The molecule has 1 N–H and O–H groups in total. The highest BCUT2D eigenvalue weighted by Gasteiger charge is 2.07. The first-order valence-electron chi connectivity index (χ1n) is 9.10. The second kappa shape index (κ2) is 7.79. The van der Waals surface area contributed by atoms with E-state index in [9.17, 15) is 4.79 Å². The number of hydrogen-bond acceptors (Lipinski definition) is 3. The first kappa shape index (κ1) is 18.1. The minimum Gasteiger partial charge on any atom is -0.323 e. The highest BCUT2D eigenvalue weighted by molar-refractivity contribution is 7.21. The van der Waals surface area contributed by atoms with Crippen LogP contribution >= 0.6 is 11.3 Å². The summed E-state index contributed by atoms with van der Waals surface area (Å²) in [5, 5.41) is 3.88. The molecule has 0 bridgehead atoms. The Hall–Kier alpha value is -3.24. The van der Waals surface area contributed by atoms with Gasteiger partial charge in [0.1, 0.15) is 5.01 Å². The molecule has 0 saturated heterocycles. The summed E-state index contributed by atoms with van der Waals surface area (Å²) in [6.07, 6.45) is 3.36. The lowest BCUT2D eigenvalue weighted by Crippen LogP contribution is -2.07. The molecule has 1 aromatic heterocycles. The van der Waals surface area contributed by atoms with Crippen LogP contribution in [-0.4, -0.2) is 10.9 Å². The molecule has 1 heterocycles.